The fourth-order valence-corrected chi connectivity index (χ4v) is 2.96. The maximum atomic E-state index is 6.10. The molecule has 0 unspecified atom stereocenters. The van der Waals surface area contributed by atoms with Gasteiger partial charge in [0, 0.05) is 5.39 Å². The molecule has 0 radical (unpaired) electrons. The molecule has 24 heavy (non-hydrogen) atoms. The number of benzene rings is 4. The lowest BCUT2D eigenvalue weighted by atomic mass is 9.97. The third kappa shape index (κ3) is 2.77. The van der Waals surface area contributed by atoms with Crippen LogP contribution in [0.25, 0.3) is 21.9 Å². The van der Waals surface area contributed by atoms with E-state index < -0.39 is 0 Å². The summed E-state index contributed by atoms with van der Waals surface area (Å²) < 4.78 is 6.10. The lowest BCUT2D eigenvalue weighted by molar-refractivity contribution is 0.488. The van der Waals surface area contributed by atoms with Gasteiger partial charge in [-0.3, -0.25) is 0 Å². The first kappa shape index (κ1) is 14.5. The van der Waals surface area contributed by atoms with Gasteiger partial charge in [-0.1, -0.05) is 78.4 Å². The highest BCUT2D eigenvalue weighted by molar-refractivity contribution is 6.00. The maximum Gasteiger partial charge on any atom is 0.135 e. The largest absolute Gasteiger partial charge is 0.457 e. The molecule has 4 aromatic carbocycles. The van der Waals surface area contributed by atoms with Gasteiger partial charge in [0.2, 0.25) is 0 Å². The minimum absolute atomic E-state index is 0.853. The van der Waals surface area contributed by atoms with Gasteiger partial charge in [-0.2, -0.15) is 0 Å². The number of fused-ring (bicyclic) bond motifs is 1. The van der Waals surface area contributed by atoms with E-state index in [1.165, 1.54) is 22.1 Å². The highest BCUT2D eigenvalue weighted by Gasteiger charge is 2.09. The van der Waals surface area contributed by atoms with Gasteiger partial charge < -0.3 is 4.74 Å². The van der Waals surface area contributed by atoms with Crippen molar-refractivity contribution in [3.63, 3.8) is 0 Å². The number of rotatable bonds is 3. The summed E-state index contributed by atoms with van der Waals surface area (Å²) in [7, 11) is 0. The topological polar surface area (TPSA) is 9.23 Å². The minimum atomic E-state index is 0.853. The SMILES string of the molecule is Cc1ccc(-c2ccc(Oc3ccccc3)c3ccccc23)cc1. The Kier molecular flexibility index (Phi) is 3.76. The molecule has 0 amide bonds. The number of para-hydroxylation sites is 1. The number of aryl methyl sites for hydroxylation is 1. The van der Waals surface area contributed by atoms with E-state index in [4.69, 9.17) is 4.74 Å². The molecular formula is C23H18O. The average Bonchev–Trinajstić information content (AvgIpc) is 2.64. The summed E-state index contributed by atoms with van der Waals surface area (Å²) in [5.41, 5.74) is 3.72. The third-order valence-corrected chi connectivity index (χ3v) is 4.22. The van der Waals surface area contributed by atoms with Crippen LogP contribution in [-0.2, 0) is 0 Å². The van der Waals surface area contributed by atoms with E-state index in [-0.39, 0.29) is 0 Å². The normalized spacial score (nSPS) is 10.7. The van der Waals surface area contributed by atoms with Crippen LogP contribution in [-0.4, -0.2) is 0 Å². The van der Waals surface area contributed by atoms with Crippen LogP contribution in [0.4, 0.5) is 0 Å². The summed E-state index contributed by atoms with van der Waals surface area (Å²) in [4.78, 5) is 0. The fourth-order valence-electron chi connectivity index (χ4n) is 2.96. The van der Waals surface area contributed by atoms with Crippen molar-refractivity contribution < 1.29 is 4.74 Å². The van der Waals surface area contributed by atoms with Gasteiger partial charge in [0.25, 0.3) is 0 Å². The molecule has 0 saturated heterocycles. The van der Waals surface area contributed by atoms with Crippen LogP contribution >= 0.6 is 0 Å². The Labute approximate surface area is 142 Å². The molecule has 1 heteroatoms. The van der Waals surface area contributed by atoms with Crippen LogP contribution in [0, 0.1) is 6.92 Å². The zero-order chi connectivity index (χ0) is 16.4. The van der Waals surface area contributed by atoms with Crippen molar-refractivity contribution in [1.29, 1.82) is 0 Å². The molecule has 0 N–H and O–H groups in total. The summed E-state index contributed by atoms with van der Waals surface area (Å²) >= 11 is 0. The van der Waals surface area contributed by atoms with Crippen LogP contribution in [0.5, 0.6) is 11.5 Å². The van der Waals surface area contributed by atoms with Crippen molar-refractivity contribution in [2.24, 2.45) is 0 Å². The second-order valence-electron chi connectivity index (χ2n) is 5.94. The van der Waals surface area contributed by atoms with Crippen LogP contribution < -0.4 is 4.74 Å². The van der Waals surface area contributed by atoms with E-state index in [9.17, 15) is 0 Å². The summed E-state index contributed by atoms with van der Waals surface area (Å²) in [6, 6.07) is 31.2. The molecule has 0 fully saturated rings. The van der Waals surface area contributed by atoms with Gasteiger partial charge in [-0.05, 0) is 41.6 Å². The molecule has 0 spiro atoms. The van der Waals surface area contributed by atoms with E-state index in [1.807, 2.05) is 30.3 Å². The molecule has 116 valence electrons. The van der Waals surface area contributed by atoms with Gasteiger partial charge in [0.1, 0.15) is 11.5 Å². The third-order valence-electron chi connectivity index (χ3n) is 4.22. The Morgan fingerprint density at radius 2 is 1.25 bits per heavy atom. The minimum Gasteiger partial charge on any atom is -0.457 e. The van der Waals surface area contributed by atoms with Crippen molar-refractivity contribution in [3.05, 3.63) is 96.6 Å². The molecule has 0 aromatic heterocycles. The van der Waals surface area contributed by atoms with Crippen molar-refractivity contribution in [2.75, 3.05) is 0 Å². The van der Waals surface area contributed by atoms with Crippen LogP contribution in [0.3, 0.4) is 0 Å². The smallest absolute Gasteiger partial charge is 0.135 e. The molecule has 4 rings (SSSR count). The fraction of sp³-hybridized carbons (Fsp3) is 0.0435. The second kappa shape index (κ2) is 6.21. The van der Waals surface area contributed by atoms with Gasteiger partial charge in [0.15, 0.2) is 0 Å². The first-order valence-electron chi connectivity index (χ1n) is 8.13. The van der Waals surface area contributed by atoms with E-state index in [0.717, 1.165) is 16.9 Å². The zero-order valence-corrected chi connectivity index (χ0v) is 13.6. The van der Waals surface area contributed by atoms with E-state index >= 15 is 0 Å². The Morgan fingerprint density at radius 1 is 0.583 bits per heavy atom. The molecule has 0 aliphatic rings. The molecule has 0 atom stereocenters. The highest BCUT2D eigenvalue weighted by Crippen LogP contribution is 2.36. The second-order valence-corrected chi connectivity index (χ2v) is 5.94. The molecule has 4 aromatic rings. The summed E-state index contributed by atoms with van der Waals surface area (Å²) in [5.74, 6) is 1.73. The van der Waals surface area contributed by atoms with Crippen molar-refractivity contribution >= 4 is 10.8 Å². The van der Waals surface area contributed by atoms with Crippen molar-refractivity contribution in [1.82, 2.24) is 0 Å². The Bertz CT molecular complexity index is 970. The maximum absolute atomic E-state index is 6.10. The zero-order valence-electron chi connectivity index (χ0n) is 13.6. The molecule has 0 aliphatic carbocycles. The van der Waals surface area contributed by atoms with Crippen molar-refractivity contribution in [2.45, 2.75) is 6.92 Å². The number of hydrogen-bond acceptors (Lipinski definition) is 1. The lowest BCUT2D eigenvalue weighted by Gasteiger charge is -2.13. The predicted octanol–water partition coefficient (Wildman–Crippen LogP) is 6.61. The quantitative estimate of drug-likeness (QED) is 0.414. The van der Waals surface area contributed by atoms with Crippen LogP contribution in [0.15, 0.2) is 91.0 Å². The van der Waals surface area contributed by atoms with Gasteiger partial charge >= 0.3 is 0 Å². The van der Waals surface area contributed by atoms with Gasteiger partial charge in [-0.25, -0.2) is 0 Å². The average molecular weight is 310 g/mol. The summed E-state index contributed by atoms with van der Waals surface area (Å²) in [6.07, 6.45) is 0. The van der Waals surface area contributed by atoms with E-state index in [2.05, 4.69) is 67.6 Å². The highest BCUT2D eigenvalue weighted by atomic mass is 16.5. The molecule has 0 aliphatic heterocycles. The monoisotopic (exact) mass is 310 g/mol. The molecule has 0 heterocycles. The summed E-state index contributed by atoms with van der Waals surface area (Å²) in [5, 5.41) is 2.33. The first-order valence-corrected chi connectivity index (χ1v) is 8.13. The molecule has 0 bridgehead atoms. The van der Waals surface area contributed by atoms with Crippen LogP contribution in [0.2, 0.25) is 0 Å². The molecule has 0 saturated carbocycles. The Hall–Kier alpha value is -3.06. The predicted molar refractivity (Wildman–Crippen MR) is 101 cm³/mol. The Balaban J connectivity index is 1.84. The lowest BCUT2D eigenvalue weighted by Crippen LogP contribution is -1.88. The number of ether oxygens (including phenoxy) is 1. The van der Waals surface area contributed by atoms with Crippen LogP contribution in [0.1, 0.15) is 5.56 Å². The Morgan fingerprint density at radius 3 is 2.00 bits per heavy atom. The van der Waals surface area contributed by atoms with E-state index in [0.29, 0.717) is 0 Å². The van der Waals surface area contributed by atoms with Crippen molar-refractivity contribution in [3.8, 4) is 22.6 Å². The number of hydrogen-bond donors (Lipinski definition) is 0. The summed E-state index contributed by atoms with van der Waals surface area (Å²) in [6.45, 7) is 2.11. The first-order chi connectivity index (χ1) is 11.8. The van der Waals surface area contributed by atoms with Gasteiger partial charge in [0.05, 0.1) is 0 Å². The molecular weight excluding hydrogens is 292 g/mol. The van der Waals surface area contributed by atoms with Gasteiger partial charge in [-0.15, -0.1) is 0 Å². The van der Waals surface area contributed by atoms with E-state index in [1.54, 1.807) is 0 Å². The standard InChI is InChI=1S/C23H18O/c1-17-11-13-18(14-12-17)20-15-16-23(22-10-6-5-9-21(20)22)24-19-7-3-2-4-8-19/h2-16H,1H3. The molecule has 1 nitrogen and oxygen atoms in total.